The number of hydrogen-bond donors (Lipinski definition) is 2. The highest BCUT2D eigenvalue weighted by molar-refractivity contribution is 7.45. The summed E-state index contributed by atoms with van der Waals surface area (Å²) in [7, 11) is 1.24. The number of nitrogens with one attached hydrogen (secondary N) is 1. The van der Waals surface area contributed by atoms with E-state index in [-0.39, 0.29) is 12.5 Å². The van der Waals surface area contributed by atoms with Gasteiger partial charge in [0.15, 0.2) is 0 Å². The molecule has 0 aromatic carbocycles. The molecule has 1 amide bonds. The molecule has 0 fully saturated rings. The van der Waals surface area contributed by atoms with Crippen LogP contribution in [0.25, 0.3) is 0 Å². The van der Waals surface area contributed by atoms with Crippen LogP contribution in [-0.4, -0.2) is 68.5 Å². The van der Waals surface area contributed by atoms with Gasteiger partial charge >= 0.3 is 0 Å². The summed E-state index contributed by atoms with van der Waals surface area (Å²) in [5.74, 6) is -0.208. The van der Waals surface area contributed by atoms with Crippen molar-refractivity contribution < 1.29 is 32.9 Å². The highest BCUT2D eigenvalue weighted by Gasteiger charge is 2.23. The number of aliphatic hydroxyl groups is 1. The smallest absolute Gasteiger partial charge is 0.268 e. The molecule has 0 spiro atoms. The van der Waals surface area contributed by atoms with E-state index in [1.807, 2.05) is 27.2 Å². The van der Waals surface area contributed by atoms with Crippen molar-refractivity contribution in [3.8, 4) is 0 Å². The van der Waals surface area contributed by atoms with Gasteiger partial charge in [-0.15, -0.1) is 0 Å². The Balaban J connectivity index is 3.97. The third-order valence-corrected chi connectivity index (χ3v) is 14.7. The molecule has 0 heterocycles. The Bertz CT molecular complexity index is 1620. The van der Waals surface area contributed by atoms with Crippen molar-refractivity contribution in [3.63, 3.8) is 0 Å². The Morgan fingerprint density at radius 1 is 0.468 bits per heavy atom. The van der Waals surface area contributed by atoms with Crippen LogP contribution in [0.2, 0.25) is 0 Å². The Labute approximate surface area is 476 Å². The molecule has 0 aliphatic carbocycles. The second-order valence-corrected chi connectivity index (χ2v) is 23.8. The summed E-state index contributed by atoms with van der Waals surface area (Å²) in [4.78, 5) is 25.5. The van der Waals surface area contributed by atoms with Gasteiger partial charge < -0.3 is 28.8 Å². The number of allylic oxidation sites excluding steroid dienone is 17. The largest absolute Gasteiger partial charge is 0.756 e. The van der Waals surface area contributed by atoms with E-state index >= 15 is 0 Å². The van der Waals surface area contributed by atoms with E-state index in [0.29, 0.717) is 17.4 Å². The molecule has 0 rings (SSSR count). The summed E-state index contributed by atoms with van der Waals surface area (Å²) in [5, 5.41) is 13.8. The van der Waals surface area contributed by atoms with Gasteiger partial charge in [0.25, 0.3) is 7.82 Å². The zero-order valence-electron chi connectivity index (χ0n) is 50.6. The maximum atomic E-state index is 13.0. The first-order valence-corrected chi connectivity index (χ1v) is 33.2. The summed E-state index contributed by atoms with van der Waals surface area (Å²) >= 11 is 0. The molecule has 0 saturated heterocycles. The van der Waals surface area contributed by atoms with Crippen molar-refractivity contribution in [1.29, 1.82) is 0 Å². The number of hydrogen-bond acceptors (Lipinski definition) is 6. The minimum absolute atomic E-state index is 0.00866. The average Bonchev–Trinajstić information content (AvgIpc) is 3.39. The summed E-state index contributed by atoms with van der Waals surface area (Å²) in [6, 6.07) is -0.906. The molecule has 3 unspecified atom stereocenters. The predicted molar refractivity (Wildman–Crippen MR) is 334 cm³/mol. The van der Waals surface area contributed by atoms with E-state index < -0.39 is 26.6 Å². The molecule has 444 valence electrons. The lowest BCUT2D eigenvalue weighted by atomic mass is 10.0. The summed E-state index contributed by atoms with van der Waals surface area (Å²) in [6.45, 7) is 4.51. The van der Waals surface area contributed by atoms with Gasteiger partial charge in [-0.2, -0.15) is 0 Å². The summed E-state index contributed by atoms with van der Waals surface area (Å²) < 4.78 is 23.3. The fourth-order valence-corrected chi connectivity index (χ4v) is 9.52. The van der Waals surface area contributed by atoms with Crippen molar-refractivity contribution in [3.05, 3.63) is 109 Å². The molecule has 3 atom stereocenters. The summed E-state index contributed by atoms with van der Waals surface area (Å²) in [5.41, 5.74) is 0. The molecule has 0 bridgehead atoms. The normalized spacial score (nSPS) is 14.5. The molecule has 0 aliphatic heterocycles. The van der Waals surface area contributed by atoms with Gasteiger partial charge in [0.2, 0.25) is 5.91 Å². The Morgan fingerprint density at radius 2 is 0.805 bits per heavy atom. The van der Waals surface area contributed by atoms with Gasteiger partial charge in [-0.25, -0.2) is 0 Å². The standard InChI is InChI=1S/C68H121N2O6P/c1-6-8-10-12-14-16-18-20-22-23-24-25-26-27-28-29-30-31-32-33-34-35-36-37-38-39-40-41-42-43-44-45-46-47-48-50-52-54-56-58-60-62-68(72)69-66(65-76-77(73,74)75-64-63-70(3,4)5)67(71)61-59-57-55-53-51-49-21-19-17-15-13-11-9-7-2/h8,10,14,16,20,22,24-25,27-28,30-31,33-34,51,53,59,61,66-67,71H,6-7,9,11-13,15,17-19,21,23,26,29,32,35-50,52,54-58,60,62-65H2,1-5H3,(H-,69,72,73,74)/b10-8-,16-14-,22-20-,25-24-,28-27-,31-30-,34-33-,53-51+,61-59+. The number of aliphatic hydroxyl groups excluding tert-OH is 1. The highest BCUT2D eigenvalue weighted by atomic mass is 31.2. The van der Waals surface area contributed by atoms with E-state index in [0.717, 1.165) is 83.5 Å². The number of nitrogens with zero attached hydrogens (tertiary/aromatic N) is 1. The van der Waals surface area contributed by atoms with E-state index in [9.17, 15) is 19.4 Å². The van der Waals surface area contributed by atoms with Gasteiger partial charge in [-0.1, -0.05) is 277 Å². The van der Waals surface area contributed by atoms with Crippen molar-refractivity contribution in [2.45, 2.75) is 276 Å². The maximum absolute atomic E-state index is 13.0. The number of amides is 1. The molecule has 0 radical (unpaired) electrons. The molecular formula is C68H121N2O6P. The first-order chi connectivity index (χ1) is 37.5. The first kappa shape index (κ1) is 74.2. The highest BCUT2D eigenvalue weighted by Crippen LogP contribution is 2.38. The average molecular weight is 1090 g/mol. The number of carbonyl (C=O) groups excluding carboxylic acids is 1. The van der Waals surface area contributed by atoms with Gasteiger partial charge in [0.05, 0.1) is 39.9 Å². The van der Waals surface area contributed by atoms with Crippen LogP contribution in [0.3, 0.4) is 0 Å². The van der Waals surface area contributed by atoms with Crippen LogP contribution in [-0.2, 0) is 18.4 Å². The molecule has 0 aromatic rings. The van der Waals surface area contributed by atoms with Gasteiger partial charge in [-0.3, -0.25) is 9.36 Å². The monoisotopic (exact) mass is 1090 g/mol. The molecule has 9 heteroatoms. The van der Waals surface area contributed by atoms with Crippen LogP contribution >= 0.6 is 7.82 Å². The van der Waals surface area contributed by atoms with Gasteiger partial charge in [0, 0.05) is 6.42 Å². The van der Waals surface area contributed by atoms with Crippen LogP contribution in [0.15, 0.2) is 109 Å². The van der Waals surface area contributed by atoms with E-state index in [4.69, 9.17) is 9.05 Å². The minimum Gasteiger partial charge on any atom is -0.756 e. The van der Waals surface area contributed by atoms with Crippen LogP contribution in [0.5, 0.6) is 0 Å². The third kappa shape index (κ3) is 60.6. The molecule has 0 saturated carbocycles. The Hall–Kier alpha value is -2.84. The van der Waals surface area contributed by atoms with Gasteiger partial charge in [0.1, 0.15) is 13.2 Å². The minimum atomic E-state index is -4.61. The number of unbranched alkanes of at least 4 members (excludes halogenated alkanes) is 28. The molecular weight excluding hydrogens is 972 g/mol. The third-order valence-electron chi connectivity index (χ3n) is 13.7. The Morgan fingerprint density at radius 3 is 1.21 bits per heavy atom. The quantitative estimate of drug-likeness (QED) is 0.0272. The topological polar surface area (TPSA) is 108 Å². The molecule has 8 nitrogen and oxygen atoms in total. The first-order valence-electron chi connectivity index (χ1n) is 31.7. The number of quaternary nitrogens is 1. The number of likely N-dealkylation sites (N-methyl/N-ethyl adjacent to an activating group) is 1. The number of phosphoric ester groups is 1. The Kier molecular flexibility index (Phi) is 55.7. The van der Waals surface area contributed by atoms with E-state index in [2.05, 4.69) is 116 Å². The van der Waals surface area contributed by atoms with Crippen LogP contribution in [0.4, 0.5) is 0 Å². The number of carbonyl (C=O) groups is 1. The van der Waals surface area contributed by atoms with Crippen molar-refractivity contribution >= 4 is 13.7 Å². The maximum Gasteiger partial charge on any atom is 0.268 e. The predicted octanol–water partition coefficient (Wildman–Crippen LogP) is 19.3. The van der Waals surface area contributed by atoms with E-state index in [1.54, 1.807) is 6.08 Å². The van der Waals surface area contributed by atoms with Crippen molar-refractivity contribution in [2.24, 2.45) is 0 Å². The number of rotatable bonds is 57. The van der Waals surface area contributed by atoms with Crippen LogP contribution < -0.4 is 10.2 Å². The van der Waals surface area contributed by atoms with E-state index in [1.165, 1.54) is 161 Å². The molecule has 2 N–H and O–H groups in total. The van der Waals surface area contributed by atoms with Crippen LogP contribution in [0.1, 0.15) is 264 Å². The molecule has 0 aromatic heterocycles. The fourth-order valence-electron chi connectivity index (χ4n) is 8.80. The SMILES string of the molecule is CC/C=C\C/C=C\C/C=C\C/C=C\C/C=C\C/C=C\C/C=C\CCCCCCCCCCCCCCCCCCCCCC(=O)NC(COP(=O)([O-])OCC[N+](C)(C)C)C(O)/C=C/CC/C=C/CCCCCCCCCC. The second kappa shape index (κ2) is 57.8. The molecule has 77 heavy (non-hydrogen) atoms. The lowest BCUT2D eigenvalue weighted by Crippen LogP contribution is -2.45. The lowest BCUT2D eigenvalue weighted by molar-refractivity contribution is -0.870. The summed E-state index contributed by atoms with van der Waals surface area (Å²) in [6.07, 6.45) is 84.9. The van der Waals surface area contributed by atoms with Crippen LogP contribution in [0, 0.1) is 0 Å². The van der Waals surface area contributed by atoms with Crippen molar-refractivity contribution in [1.82, 2.24) is 5.32 Å². The van der Waals surface area contributed by atoms with Crippen molar-refractivity contribution in [2.75, 3.05) is 40.9 Å². The number of phosphoric acid groups is 1. The molecule has 0 aliphatic rings. The lowest BCUT2D eigenvalue weighted by Gasteiger charge is -2.29. The second-order valence-electron chi connectivity index (χ2n) is 22.4. The zero-order valence-corrected chi connectivity index (χ0v) is 51.5. The zero-order chi connectivity index (χ0) is 56.3. The van der Waals surface area contributed by atoms with Gasteiger partial charge in [-0.05, 0) is 89.9 Å². The fraction of sp³-hybridized carbons (Fsp3) is 0.721.